The fraction of sp³-hybridized carbons (Fsp3) is 0.917. The van der Waals surface area contributed by atoms with Gasteiger partial charge in [0.2, 0.25) is 5.91 Å². The number of hydrogen-bond donors (Lipinski definition) is 2. The molecule has 16 heavy (non-hydrogen) atoms. The smallest absolute Gasteiger partial charge is 0.222 e. The van der Waals surface area contributed by atoms with Gasteiger partial charge in [0, 0.05) is 32.2 Å². The van der Waals surface area contributed by atoms with Crippen LogP contribution in [0.4, 0.5) is 0 Å². The molecule has 2 N–H and O–H groups in total. The summed E-state index contributed by atoms with van der Waals surface area (Å²) in [6.45, 7) is 0.986. The third kappa shape index (κ3) is 4.10. The van der Waals surface area contributed by atoms with Crippen LogP contribution in [0.3, 0.4) is 0 Å². The normalized spacial score (nSPS) is 15.9. The lowest BCUT2D eigenvalue weighted by Gasteiger charge is -2.37. The van der Waals surface area contributed by atoms with Crippen LogP contribution in [-0.2, 0) is 4.79 Å². The first-order valence-corrected chi connectivity index (χ1v) is 6.30. The second-order valence-corrected chi connectivity index (χ2v) is 4.43. The molecule has 1 aliphatic rings. The van der Waals surface area contributed by atoms with Crippen molar-refractivity contribution in [1.82, 2.24) is 4.90 Å². The SMILES string of the molecule is O=C(CCCCO)N(CCCO)C1CCC1. The van der Waals surface area contributed by atoms with E-state index in [0.29, 0.717) is 31.8 Å². The van der Waals surface area contributed by atoms with Gasteiger partial charge >= 0.3 is 0 Å². The lowest BCUT2D eigenvalue weighted by molar-refractivity contribution is -0.135. The number of unbranched alkanes of at least 4 members (excludes halogenated alkanes) is 1. The Balaban J connectivity index is 2.31. The summed E-state index contributed by atoms with van der Waals surface area (Å²) in [5.41, 5.74) is 0. The Bertz CT molecular complexity index is 204. The molecule has 0 unspecified atom stereocenters. The summed E-state index contributed by atoms with van der Waals surface area (Å²) in [7, 11) is 0. The van der Waals surface area contributed by atoms with Gasteiger partial charge in [-0.25, -0.2) is 0 Å². The highest BCUT2D eigenvalue weighted by molar-refractivity contribution is 5.76. The van der Waals surface area contributed by atoms with Crippen LogP contribution in [0, 0.1) is 0 Å². The highest BCUT2D eigenvalue weighted by atomic mass is 16.3. The number of aliphatic hydroxyl groups excluding tert-OH is 2. The Hall–Kier alpha value is -0.610. The van der Waals surface area contributed by atoms with Gasteiger partial charge in [0.05, 0.1) is 0 Å². The molecule has 1 rings (SSSR count). The molecule has 0 aromatic heterocycles. The first kappa shape index (κ1) is 13.5. The maximum absolute atomic E-state index is 11.9. The number of carbonyl (C=O) groups is 1. The van der Waals surface area contributed by atoms with Crippen molar-refractivity contribution in [3.05, 3.63) is 0 Å². The van der Waals surface area contributed by atoms with Crippen LogP contribution in [-0.4, -0.2) is 46.8 Å². The number of hydrogen-bond acceptors (Lipinski definition) is 3. The molecular weight excluding hydrogens is 206 g/mol. The molecule has 0 saturated heterocycles. The Kier molecular flexibility index (Phi) is 6.42. The number of aliphatic hydroxyl groups is 2. The maximum Gasteiger partial charge on any atom is 0.222 e. The molecule has 0 radical (unpaired) electrons. The predicted octanol–water partition coefficient (Wildman–Crippen LogP) is 0.912. The summed E-state index contributed by atoms with van der Waals surface area (Å²) in [6, 6.07) is 0.410. The van der Waals surface area contributed by atoms with Crippen molar-refractivity contribution in [3.8, 4) is 0 Å². The van der Waals surface area contributed by atoms with Crippen molar-refractivity contribution in [1.29, 1.82) is 0 Å². The first-order valence-electron chi connectivity index (χ1n) is 6.30. The van der Waals surface area contributed by atoms with Gasteiger partial charge in [-0.1, -0.05) is 0 Å². The van der Waals surface area contributed by atoms with E-state index >= 15 is 0 Å². The van der Waals surface area contributed by atoms with Crippen molar-refractivity contribution in [2.24, 2.45) is 0 Å². The third-order valence-corrected chi connectivity index (χ3v) is 3.19. The molecule has 4 nitrogen and oxygen atoms in total. The van der Waals surface area contributed by atoms with Crippen LogP contribution in [0.2, 0.25) is 0 Å². The molecule has 1 aliphatic carbocycles. The second kappa shape index (κ2) is 7.63. The Morgan fingerprint density at radius 3 is 2.31 bits per heavy atom. The standard InChI is InChI=1S/C12H23NO3/c14-9-2-1-7-12(16)13(8-4-10-15)11-5-3-6-11/h11,14-15H,1-10H2. The Labute approximate surface area is 97.3 Å². The van der Waals surface area contributed by atoms with Crippen molar-refractivity contribution in [2.75, 3.05) is 19.8 Å². The average Bonchev–Trinajstić information content (AvgIpc) is 2.21. The van der Waals surface area contributed by atoms with Crippen LogP contribution in [0.15, 0.2) is 0 Å². The lowest BCUT2D eigenvalue weighted by Crippen LogP contribution is -2.44. The minimum Gasteiger partial charge on any atom is -0.396 e. The van der Waals surface area contributed by atoms with Gasteiger partial charge in [-0.15, -0.1) is 0 Å². The molecule has 4 heteroatoms. The number of carbonyl (C=O) groups excluding carboxylic acids is 1. The molecule has 0 heterocycles. The van der Waals surface area contributed by atoms with Crippen LogP contribution in [0.25, 0.3) is 0 Å². The number of amides is 1. The fourth-order valence-electron chi connectivity index (χ4n) is 1.98. The van der Waals surface area contributed by atoms with Crippen molar-refractivity contribution >= 4 is 5.91 Å². The quantitative estimate of drug-likeness (QED) is 0.608. The van der Waals surface area contributed by atoms with Gasteiger partial charge in [-0.2, -0.15) is 0 Å². The summed E-state index contributed by atoms with van der Waals surface area (Å²) in [5.74, 6) is 0.187. The molecule has 0 bridgehead atoms. The molecule has 0 aromatic carbocycles. The highest BCUT2D eigenvalue weighted by Gasteiger charge is 2.27. The van der Waals surface area contributed by atoms with E-state index in [4.69, 9.17) is 10.2 Å². The van der Waals surface area contributed by atoms with Gasteiger partial charge in [-0.3, -0.25) is 4.79 Å². The van der Waals surface area contributed by atoms with Gasteiger partial charge < -0.3 is 15.1 Å². The maximum atomic E-state index is 11.9. The van der Waals surface area contributed by atoms with Gasteiger partial charge in [0.25, 0.3) is 0 Å². The van der Waals surface area contributed by atoms with E-state index in [1.165, 1.54) is 6.42 Å². The molecule has 0 aliphatic heterocycles. The summed E-state index contributed by atoms with van der Waals surface area (Å²) in [5, 5.41) is 17.5. The molecule has 1 saturated carbocycles. The van der Waals surface area contributed by atoms with Crippen LogP contribution >= 0.6 is 0 Å². The first-order chi connectivity index (χ1) is 7.79. The Morgan fingerprint density at radius 1 is 1.12 bits per heavy atom. The van der Waals surface area contributed by atoms with E-state index in [2.05, 4.69) is 0 Å². The van der Waals surface area contributed by atoms with E-state index in [9.17, 15) is 4.79 Å². The topological polar surface area (TPSA) is 60.8 Å². The van der Waals surface area contributed by atoms with Crippen molar-refractivity contribution < 1.29 is 15.0 Å². The van der Waals surface area contributed by atoms with Crippen LogP contribution in [0.1, 0.15) is 44.9 Å². The summed E-state index contributed by atoms with van der Waals surface area (Å²) in [4.78, 5) is 13.8. The predicted molar refractivity (Wildman–Crippen MR) is 62.0 cm³/mol. The Morgan fingerprint density at radius 2 is 1.81 bits per heavy atom. The molecule has 0 atom stereocenters. The third-order valence-electron chi connectivity index (χ3n) is 3.19. The lowest BCUT2D eigenvalue weighted by atomic mass is 9.91. The zero-order valence-corrected chi connectivity index (χ0v) is 9.90. The van der Waals surface area contributed by atoms with Crippen LogP contribution < -0.4 is 0 Å². The zero-order chi connectivity index (χ0) is 11.8. The minimum atomic E-state index is 0.146. The van der Waals surface area contributed by atoms with Crippen molar-refractivity contribution in [2.45, 2.75) is 51.0 Å². The number of nitrogens with zero attached hydrogens (tertiary/aromatic N) is 1. The van der Waals surface area contributed by atoms with E-state index in [-0.39, 0.29) is 19.1 Å². The molecule has 1 fully saturated rings. The second-order valence-electron chi connectivity index (χ2n) is 4.43. The largest absolute Gasteiger partial charge is 0.396 e. The monoisotopic (exact) mass is 229 g/mol. The van der Waals surface area contributed by atoms with E-state index in [1.807, 2.05) is 4.90 Å². The van der Waals surface area contributed by atoms with E-state index in [1.54, 1.807) is 0 Å². The molecule has 94 valence electrons. The number of rotatable bonds is 8. The molecule has 0 aromatic rings. The van der Waals surface area contributed by atoms with Crippen LogP contribution in [0.5, 0.6) is 0 Å². The summed E-state index contributed by atoms with van der Waals surface area (Å²) < 4.78 is 0. The summed E-state index contributed by atoms with van der Waals surface area (Å²) >= 11 is 0. The summed E-state index contributed by atoms with van der Waals surface area (Å²) in [6.07, 6.45) is 6.09. The van der Waals surface area contributed by atoms with Gasteiger partial charge in [0.15, 0.2) is 0 Å². The minimum absolute atomic E-state index is 0.146. The van der Waals surface area contributed by atoms with Crippen molar-refractivity contribution in [3.63, 3.8) is 0 Å². The molecule has 0 spiro atoms. The zero-order valence-electron chi connectivity index (χ0n) is 9.90. The highest BCUT2D eigenvalue weighted by Crippen LogP contribution is 2.25. The van der Waals surface area contributed by atoms with E-state index in [0.717, 1.165) is 19.3 Å². The van der Waals surface area contributed by atoms with Gasteiger partial charge in [0.1, 0.15) is 0 Å². The fourth-order valence-corrected chi connectivity index (χ4v) is 1.98. The molecule has 1 amide bonds. The molecular formula is C12H23NO3. The average molecular weight is 229 g/mol. The van der Waals surface area contributed by atoms with E-state index < -0.39 is 0 Å². The van der Waals surface area contributed by atoms with Gasteiger partial charge in [-0.05, 0) is 38.5 Å².